The van der Waals surface area contributed by atoms with E-state index in [0.717, 1.165) is 5.92 Å². The van der Waals surface area contributed by atoms with Crippen molar-refractivity contribution in [3.8, 4) is 11.1 Å². The highest BCUT2D eigenvalue weighted by Gasteiger charge is 2.27. The molecule has 0 spiro atoms. The van der Waals surface area contributed by atoms with Gasteiger partial charge in [-0.25, -0.2) is 0 Å². The van der Waals surface area contributed by atoms with E-state index in [1.807, 2.05) is 0 Å². The van der Waals surface area contributed by atoms with E-state index in [1.165, 1.54) is 42.4 Å². The van der Waals surface area contributed by atoms with E-state index in [4.69, 9.17) is 0 Å². The Balaban J connectivity index is 1.74. The topological polar surface area (TPSA) is 0 Å². The summed E-state index contributed by atoms with van der Waals surface area (Å²) in [5, 5.41) is 0. The molecule has 0 nitrogen and oxygen atoms in total. The molecule has 0 heteroatoms. The van der Waals surface area contributed by atoms with Crippen molar-refractivity contribution in [1.29, 1.82) is 0 Å². The van der Waals surface area contributed by atoms with Crippen molar-refractivity contribution in [2.75, 3.05) is 0 Å². The molecule has 2 aromatic carbocycles. The third kappa shape index (κ3) is 2.95. The predicted molar refractivity (Wildman–Crippen MR) is 86.9 cm³/mol. The summed E-state index contributed by atoms with van der Waals surface area (Å²) >= 11 is 0. The van der Waals surface area contributed by atoms with Crippen LogP contribution >= 0.6 is 0 Å². The van der Waals surface area contributed by atoms with Gasteiger partial charge in [0.1, 0.15) is 0 Å². The lowest BCUT2D eigenvalue weighted by atomic mass is 9.71. The van der Waals surface area contributed by atoms with Gasteiger partial charge in [0.05, 0.1) is 0 Å². The monoisotopic (exact) mass is 264 g/mol. The van der Waals surface area contributed by atoms with E-state index in [2.05, 4.69) is 68.4 Å². The maximum Gasteiger partial charge on any atom is -0.0162 e. The van der Waals surface area contributed by atoms with Crippen LogP contribution in [-0.4, -0.2) is 0 Å². The first-order chi connectivity index (χ1) is 9.64. The van der Waals surface area contributed by atoms with Crippen LogP contribution < -0.4 is 0 Å². The summed E-state index contributed by atoms with van der Waals surface area (Å²) in [6, 6.07) is 19.9. The molecule has 0 atom stereocenters. The lowest BCUT2D eigenvalue weighted by molar-refractivity contribution is 0.224. The van der Waals surface area contributed by atoms with Crippen molar-refractivity contribution in [2.45, 2.75) is 45.4 Å². The predicted octanol–water partition coefficient (Wildman–Crippen LogP) is 6.04. The number of hydrogen-bond acceptors (Lipinski definition) is 0. The maximum absolute atomic E-state index is 2.40. The summed E-state index contributed by atoms with van der Waals surface area (Å²) in [7, 11) is 0. The van der Waals surface area contributed by atoms with Crippen molar-refractivity contribution in [1.82, 2.24) is 0 Å². The van der Waals surface area contributed by atoms with E-state index in [0.29, 0.717) is 5.41 Å². The van der Waals surface area contributed by atoms with Gasteiger partial charge in [0.25, 0.3) is 0 Å². The SMILES string of the molecule is CC1(C)CCC(c2ccc(-c3ccccc3)cc2)CC1. The maximum atomic E-state index is 2.40. The molecule has 2 aromatic rings. The fourth-order valence-corrected chi connectivity index (χ4v) is 3.31. The van der Waals surface area contributed by atoms with Gasteiger partial charge in [0, 0.05) is 0 Å². The van der Waals surface area contributed by atoms with Crippen LogP contribution in [0.1, 0.15) is 51.0 Å². The third-order valence-electron chi connectivity index (χ3n) is 4.83. The Morgan fingerprint density at radius 2 is 1.30 bits per heavy atom. The second-order valence-corrected chi connectivity index (χ2v) is 6.93. The Labute approximate surface area is 122 Å². The largest absolute Gasteiger partial charge is 0.0622 e. The van der Waals surface area contributed by atoms with Gasteiger partial charge in [-0.05, 0) is 53.7 Å². The van der Waals surface area contributed by atoms with Crippen molar-refractivity contribution in [3.63, 3.8) is 0 Å². The molecule has 0 unspecified atom stereocenters. The smallest absolute Gasteiger partial charge is 0.0162 e. The Bertz CT molecular complexity index is 538. The zero-order valence-corrected chi connectivity index (χ0v) is 12.6. The van der Waals surface area contributed by atoms with Gasteiger partial charge in [-0.1, -0.05) is 68.4 Å². The molecule has 3 rings (SSSR count). The van der Waals surface area contributed by atoms with Crippen LogP contribution in [0.3, 0.4) is 0 Å². The van der Waals surface area contributed by atoms with E-state index in [9.17, 15) is 0 Å². The van der Waals surface area contributed by atoms with Crippen molar-refractivity contribution < 1.29 is 0 Å². The van der Waals surface area contributed by atoms with Gasteiger partial charge < -0.3 is 0 Å². The first-order valence-electron chi connectivity index (χ1n) is 7.79. The van der Waals surface area contributed by atoms with Crippen LogP contribution in [0.15, 0.2) is 54.6 Å². The average molecular weight is 264 g/mol. The van der Waals surface area contributed by atoms with Crippen LogP contribution in [0.2, 0.25) is 0 Å². The average Bonchev–Trinajstić information content (AvgIpc) is 2.48. The summed E-state index contributed by atoms with van der Waals surface area (Å²) in [5.74, 6) is 0.771. The van der Waals surface area contributed by atoms with Crippen LogP contribution in [0.4, 0.5) is 0 Å². The molecule has 0 aliphatic heterocycles. The molecular weight excluding hydrogens is 240 g/mol. The molecule has 0 radical (unpaired) electrons. The first-order valence-corrected chi connectivity index (χ1v) is 7.79. The molecular formula is C20H24. The molecule has 0 heterocycles. The molecule has 1 fully saturated rings. The molecule has 0 amide bonds. The molecule has 1 aliphatic rings. The van der Waals surface area contributed by atoms with Crippen LogP contribution in [-0.2, 0) is 0 Å². The summed E-state index contributed by atoms with van der Waals surface area (Å²) in [6.07, 6.45) is 5.41. The minimum absolute atomic E-state index is 0.556. The summed E-state index contributed by atoms with van der Waals surface area (Å²) < 4.78 is 0. The quantitative estimate of drug-likeness (QED) is 0.620. The van der Waals surface area contributed by atoms with Crippen LogP contribution in [0.25, 0.3) is 11.1 Å². The highest BCUT2D eigenvalue weighted by atomic mass is 14.3. The Morgan fingerprint density at radius 1 is 0.750 bits per heavy atom. The Morgan fingerprint density at radius 3 is 1.90 bits per heavy atom. The minimum Gasteiger partial charge on any atom is -0.0622 e. The summed E-state index contributed by atoms with van der Waals surface area (Å²) in [6.45, 7) is 4.81. The van der Waals surface area contributed by atoms with E-state index >= 15 is 0 Å². The number of benzene rings is 2. The van der Waals surface area contributed by atoms with Gasteiger partial charge in [-0.3, -0.25) is 0 Å². The van der Waals surface area contributed by atoms with Crippen LogP contribution in [0.5, 0.6) is 0 Å². The lowest BCUT2D eigenvalue weighted by Crippen LogP contribution is -2.20. The second-order valence-electron chi connectivity index (χ2n) is 6.93. The normalized spacial score (nSPS) is 18.9. The fraction of sp³-hybridized carbons (Fsp3) is 0.400. The fourth-order valence-electron chi connectivity index (χ4n) is 3.31. The molecule has 0 N–H and O–H groups in total. The highest BCUT2D eigenvalue weighted by molar-refractivity contribution is 5.63. The van der Waals surface area contributed by atoms with Gasteiger partial charge in [0.15, 0.2) is 0 Å². The zero-order valence-electron chi connectivity index (χ0n) is 12.6. The van der Waals surface area contributed by atoms with Gasteiger partial charge in [-0.2, -0.15) is 0 Å². The minimum atomic E-state index is 0.556. The van der Waals surface area contributed by atoms with Gasteiger partial charge in [-0.15, -0.1) is 0 Å². The van der Waals surface area contributed by atoms with Crippen molar-refractivity contribution >= 4 is 0 Å². The van der Waals surface area contributed by atoms with Gasteiger partial charge >= 0.3 is 0 Å². The molecule has 104 valence electrons. The molecule has 1 saturated carbocycles. The van der Waals surface area contributed by atoms with E-state index in [1.54, 1.807) is 0 Å². The second kappa shape index (κ2) is 5.44. The molecule has 20 heavy (non-hydrogen) atoms. The standard InChI is InChI=1S/C20H24/c1-20(2)14-12-19(13-15-20)18-10-8-17(9-11-18)16-6-4-3-5-7-16/h3-11,19H,12-15H2,1-2H3. The van der Waals surface area contributed by atoms with Gasteiger partial charge in [0.2, 0.25) is 0 Å². The zero-order chi connectivity index (χ0) is 14.0. The molecule has 0 bridgehead atoms. The highest BCUT2D eigenvalue weighted by Crippen LogP contribution is 2.42. The Kier molecular flexibility index (Phi) is 3.65. The third-order valence-corrected chi connectivity index (χ3v) is 4.83. The first kappa shape index (κ1) is 13.4. The van der Waals surface area contributed by atoms with Crippen LogP contribution in [0, 0.1) is 5.41 Å². The van der Waals surface area contributed by atoms with Crippen molar-refractivity contribution in [3.05, 3.63) is 60.2 Å². The molecule has 1 aliphatic carbocycles. The molecule has 0 aromatic heterocycles. The van der Waals surface area contributed by atoms with E-state index in [-0.39, 0.29) is 0 Å². The van der Waals surface area contributed by atoms with E-state index < -0.39 is 0 Å². The summed E-state index contributed by atoms with van der Waals surface area (Å²) in [4.78, 5) is 0. The Hall–Kier alpha value is -1.56. The molecule has 0 saturated heterocycles. The lowest BCUT2D eigenvalue weighted by Gasteiger charge is -2.34. The summed E-state index contributed by atoms with van der Waals surface area (Å²) in [5.41, 5.74) is 4.72. The van der Waals surface area contributed by atoms with Crippen molar-refractivity contribution in [2.24, 2.45) is 5.41 Å². The number of hydrogen-bond donors (Lipinski definition) is 0. The number of rotatable bonds is 2.